The monoisotopic (exact) mass is 264 g/mol. The van der Waals surface area contributed by atoms with Crippen molar-refractivity contribution in [3.8, 4) is 0 Å². The molecule has 2 atom stereocenters. The Morgan fingerprint density at radius 1 is 1.47 bits per heavy atom. The predicted octanol–water partition coefficient (Wildman–Crippen LogP) is 3.36. The molecular weight excluding hydrogens is 236 g/mol. The van der Waals surface area contributed by atoms with E-state index in [4.69, 9.17) is 4.74 Å². The van der Waals surface area contributed by atoms with Crippen LogP contribution >= 0.6 is 0 Å². The van der Waals surface area contributed by atoms with Gasteiger partial charge in [0.25, 0.3) is 0 Å². The molecule has 19 heavy (non-hydrogen) atoms. The Morgan fingerprint density at radius 3 is 2.95 bits per heavy atom. The second-order valence-corrected chi connectivity index (χ2v) is 5.89. The van der Waals surface area contributed by atoms with Crippen LogP contribution in [0.4, 0.5) is 0 Å². The smallest absolute Gasteiger partial charge is 0.0593 e. The van der Waals surface area contributed by atoms with Crippen LogP contribution in [0.1, 0.15) is 51.6 Å². The van der Waals surface area contributed by atoms with E-state index in [0.29, 0.717) is 18.1 Å². The number of nitrogens with one attached hydrogen (secondary N) is 1. The molecule has 0 aliphatic carbocycles. The Bertz CT molecular complexity index is 367. The zero-order chi connectivity index (χ0) is 13.7. The van der Waals surface area contributed by atoms with Crippen molar-refractivity contribution in [1.82, 2.24) is 9.88 Å². The van der Waals surface area contributed by atoms with Gasteiger partial charge in [-0.3, -0.25) is 0 Å². The standard InChI is InChI=1S/C16H28N2O/c1-4-17-16(13(2)3)14-7-9-18(12-14)10-8-15-6-5-11-19-15/h7,9,12-13,15-17H,4-6,8,10-11H2,1-3H3. The number of hydrogen-bond donors (Lipinski definition) is 1. The average molecular weight is 264 g/mol. The molecule has 1 aliphatic heterocycles. The molecule has 1 N–H and O–H groups in total. The van der Waals surface area contributed by atoms with Crippen molar-refractivity contribution in [3.63, 3.8) is 0 Å². The van der Waals surface area contributed by atoms with E-state index in [-0.39, 0.29) is 0 Å². The van der Waals surface area contributed by atoms with E-state index >= 15 is 0 Å². The van der Waals surface area contributed by atoms with Gasteiger partial charge in [-0.25, -0.2) is 0 Å². The van der Waals surface area contributed by atoms with Crippen LogP contribution in [0.3, 0.4) is 0 Å². The molecule has 2 unspecified atom stereocenters. The van der Waals surface area contributed by atoms with Crippen molar-refractivity contribution in [2.75, 3.05) is 13.2 Å². The highest BCUT2D eigenvalue weighted by atomic mass is 16.5. The van der Waals surface area contributed by atoms with E-state index in [1.807, 2.05) is 0 Å². The molecule has 0 amide bonds. The van der Waals surface area contributed by atoms with Gasteiger partial charge in [0.15, 0.2) is 0 Å². The Morgan fingerprint density at radius 2 is 2.32 bits per heavy atom. The predicted molar refractivity (Wildman–Crippen MR) is 79.3 cm³/mol. The van der Waals surface area contributed by atoms with Gasteiger partial charge in [0.2, 0.25) is 0 Å². The number of nitrogens with zero attached hydrogens (tertiary/aromatic N) is 1. The molecule has 1 aromatic rings. The third-order valence-electron chi connectivity index (χ3n) is 3.96. The van der Waals surface area contributed by atoms with Crippen LogP contribution in [-0.2, 0) is 11.3 Å². The summed E-state index contributed by atoms with van der Waals surface area (Å²) in [5.41, 5.74) is 1.41. The summed E-state index contributed by atoms with van der Waals surface area (Å²) < 4.78 is 7.99. The van der Waals surface area contributed by atoms with E-state index < -0.39 is 0 Å². The van der Waals surface area contributed by atoms with E-state index in [9.17, 15) is 0 Å². The first-order valence-electron chi connectivity index (χ1n) is 7.71. The third-order valence-corrected chi connectivity index (χ3v) is 3.96. The first kappa shape index (κ1) is 14.6. The van der Waals surface area contributed by atoms with Gasteiger partial charge in [0.05, 0.1) is 6.10 Å². The Balaban J connectivity index is 1.89. The molecule has 1 aromatic heterocycles. The molecular formula is C16H28N2O. The van der Waals surface area contributed by atoms with Crippen LogP contribution in [0.5, 0.6) is 0 Å². The van der Waals surface area contributed by atoms with Gasteiger partial charge in [-0.2, -0.15) is 0 Å². The Kier molecular flexibility index (Phi) is 5.46. The van der Waals surface area contributed by atoms with E-state index in [0.717, 1.165) is 26.1 Å². The molecule has 3 nitrogen and oxygen atoms in total. The SMILES string of the molecule is CCNC(c1ccn(CCC2CCCO2)c1)C(C)C. The summed E-state index contributed by atoms with van der Waals surface area (Å²) >= 11 is 0. The third kappa shape index (κ3) is 4.08. The first-order chi connectivity index (χ1) is 9.20. The van der Waals surface area contributed by atoms with Crippen LogP contribution < -0.4 is 5.32 Å². The summed E-state index contributed by atoms with van der Waals surface area (Å²) in [7, 11) is 0. The molecule has 1 saturated heterocycles. The van der Waals surface area contributed by atoms with Crippen LogP contribution in [0.15, 0.2) is 18.5 Å². The van der Waals surface area contributed by atoms with Gasteiger partial charge in [-0.1, -0.05) is 20.8 Å². The molecule has 2 rings (SSSR count). The van der Waals surface area contributed by atoms with Gasteiger partial charge in [-0.05, 0) is 43.4 Å². The molecule has 1 fully saturated rings. The lowest BCUT2D eigenvalue weighted by Gasteiger charge is -2.20. The summed E-state index contributed by atoms with van der Waals surface area (Å²) in [4.78, 5) is 0. The molecule has 0 spiro atoms. The van der Waals surface area contributed by atoms with Crippen molar-refractivity contribution in [3.05, 3.63) is 24.0 Å². The first-order valence-corrected chi connectivity index (χ1v) is 7.71. The highest BCUT2D eigenvalue weighted by Crippen LogP contribution is 2.22. The van der Waals surface area contributed by atoms with Gasteiger partial charge in [0, 0.05) is 31.6 Å². The Labute approximate surface area is 117 Å². The summed E-state index contributed by atoms with van der Waals surface area (Å²) in [6, 6.07) is 2.72. The van der Waals surface area contributed by atoms with Crippen molar-refractivity contribution < 1.29 is 4.74 Å². The van der Waals surface area contributed by atoms with Crippen molar-refractivity contribution in [2.45, 2.75) is 58.7 Å². The number of hydrogen-bond acceptors (Lipinski definition) is 2. The largest absolute Gasteiger partial charge is 0.378 e. The lowest BCUT2D eigenvalue weighted by Crippen LogP contribution is -2.25. The summed E-state index contributed by atoms with van der Waals surface area (Å²) in [5.74, 6) is 0.619. The van der Waals surface area contributed by atoms with Gasteiger partial charge in [-0.15, -0.1) is 0 Å². The molecule has 0 aromatic carbocycles. The van der Waals surface area contributed by atoms with Crippen LogP contribution in [0.2, 0.25) is 0 Å². The van der Waals surface area contributed by atoms with Crippen molar-refractivity contribution in [1.29, 1.82) is 0 Å². The molecule has 0 radical (unpaired) electrons. The molecule has 0 bridgehead atoms. The second kappa shape index (κ2) is 7.11. The minimum absolute atomic E-state index is 0.467. The minimum Gasteiger partial charge on any atom is -0.378 e. The second-order valence-electron chi connectivity index (χ2n) is 5.89. The highest BCUT2D eigenvalue weighted by molar-refractivity contribution is 5.16. The summed E-state index contributed by atoms with van der Waals surface area (Å²) in [6.07, 6.45) is 8.60. The van der Waals surface area contributed by atoms with Gasteiger partial charge >= 0.3 is 0 Å². The maximum Gasteiger partial charge on any atom is 0.0593 e. The molecule has 0 saturated carbocycles. The fourth-order valence-electron chi connectivity index (χ4n) is 2.91. The summed E-state index contributed by atoms with van der Waals surface area (Å²) in [5, 5.41) is 3.57. The number of aromatic nitrogens is 1. The van der Waals surface area contributed by atoms with Crippen LogP contribution in [0, 0.1) is 5.92 Å². The molecule has 1 aliphatic rings. The lowest BCUT2D eigenvalue weighted by atomic mass is 9.98. The van der Waals surface area contributed by atoms with Crippen LogP contribution in [0.25, 0.3) is 0 Å². The summed E-state index contributed by atoms with van der Waals surface area (Å²) in [6.45, 7) is 9.76. The van der Waals surface area contributed by atoms with E-state index in [1.54, 1.807) is 0 Å². The van der Waals surface area contributed by atoms with E-state index in [2.05, 4.69) is 49.1 Å². The quantitative estimate of drug-likeness (QED) is 0.817. The number of aryl methyl sites for hydroxylation is 1. The van der Waals surface area contributed by atoms with Crippen molar-refractivity contribution in [2.24, 2.45) is 5.92 Å². The van der Waals surface area contributed by atoms with Gasteiger partial charge < -0.3 is 14.6 Å². The fraction of sp³-hybridized carbons (Fsp3) is 0.750. The topological polar surface area (TPSA) is 26.2 Å². The number of ether oxygens (including phenoxy) is 1. The van der Waals surface area contributed by atoms with Crippen LogP contribution in [-0.4, -0.2) is 23.8 Å². The number of rotatable bonds is 7. The Hall–Kier alpha value is -0.800. The maximum atomic E-state index is 5.68. The van der Waals surface area contributed by atoms with Gasteiger partial charge in [0.1, 0.15) is 0 Å². The molecule has 3 heteroatoms. The zero-order valence-corrected chi connectivity index (χ0v) is 12.6. The molecule has 2 heterocycles. The maximum absolute atomic E-state index is 5.68. The average Bonchev–Trinajstić information content (AvgIpc) is 3.04. The van der Waals surface area contributed by atoms with E-state index in [1.165, 1.54) is 18.4 Å². The highest BCUT2D eigenvalue weighted by Gasteiger charge is 2.17. The minimum atomic E-state index is 0.467. The van der Waals surface area contributed by atoms with Crippen molar-refractivity contribution >= 4 is 0 Å². The normalized spacial score (nSPS) is 21.2. The fourth-order valence-corrected chi connectivity index (χ4v) is 2.91. The molecule has 108 valence electrons. The zero-order valence-electron chi connectivity index (χ0n) is 12.6. The lowest BCUT2D eigenvalue weighted by molar-refractivity contribution is 0.100.